The van der Waals surface area contributed by atoms with Gasteiger partial charge in [-0.05, 0) is 37.0 Å². The fourth-order valence-corrected chi connectivity index (χ4v) is 2.94. The van der Waals surface area contributed by atoms with Crippen molar-refractivity contribution in [3.05, 3.63) is 0 Å². The summed E-state index contributed by atoms with van der Waals surface area (Å²) in [7, 11) is 0. The first-order chi connectivity index (χ1) is 6.59. The molecule has 3 fully saturated rings. The van der Waals surface area contributed by atoms with Crippen LogP contribution in [0.2, 0.25) is 0 Å². The van der Waals surface area contributed by atoms with E-state index in [2.05, 4.69) is 0 Å². The van der Waals surface area contributed by atoms with Gasteiger partial charge in [0.15, 0.2) is 0 Å². The van der Waals surface area contributed by atoms with Gasteiger partial charge in [0.2, 0.25) is 0 Å². The van der Waals surface area contributed by atoms with Crippen LogP contribution in [0.15, 0.2) is 0 Å². The highest BCUT2D eigenvalue weighted by Crippen LogP contribution is 2.57. The van der Waals surface area contributed by atoms with Crippen molar-refractivity contribution in [3.63, 3.8) is 0 Å². The Labute approximate surface area is 83.1 Å². The van der Waals surface area contributed by atoms with Crippen molar-refractivity contribution in [2.45, 2.75) is 24.8 Å². The van der Waals surface area contributed by atoms with Crippen molar-refractivity contribution >= 4 is 6.09 Å². The Hall–Kier alpha value is -0.770. The molecule has 0 aromatic rings. The lowest BCUT2D eigenvalue weighted by atomic mass is 10.1. The van der Waals surface area contributed by atoms with Crippen LogP contribution in [0.3, 0.4) is 0 Å². The molecule has 0 bridgehead atoms. The van der Waals surface area contributed by atoms with Crippen molar-refractivity contribution in [1.29, 1.82) is 0 Å². The first kappa shape index (κ1) is 8.53. The SMILES string of the molecule is NC1(CC2C3CN(C(=O)O)CC32)CC1. The average Bonchev–Trinajstić information content (AvgIpc) is 2.94. The minimum Gasteiger partial charge on any atom is -0.465 e. The summed E-state index contributed by atoms with van der Waals surface area (Å²) in [6, 6.07) is 0. The summed E-state index contributed by atoms with van der Waals surface area (Å²) in [5, 5.41) is 8.78. The monoisotopic (exact) mass is 196 g/mol. The third kappa shape index (κ3) is 1.21. The maximum Gasteiger partial charge on any atom is 0.407 e. The highest BCUT2D eigenvalue weighted by atomic mass is 16.4. The van der Waals surface area contributed by atoms with Crippen molar-refractivity contribution in [2.75, 3.05) is 13.1 Å². The van der Waals surface area contributed by atoms with Gasteiger partial charge in [0.05, 0.1) is 0 Å². The molecule has 0 radical (unpaired) electrons. The van der Waals surface area contributed by atoms with E-state index in [4.69, 9.17) is 10.8 Å². The molecule has 0 aromatic carbocycles. The van der Waals surface area contributed by atoms with E-state index in [0.717, 1.165) is 25.4 Å². The largest absolute Gasteiger partial charge is 0.465 e. The average molecular weight is 196 g/mol. The van der Waals surface area contributed by atoms with Crippen molar-refractivity contribution in [1.82, 2.24) is 4.90 Å². The summed E-state index contributed by atoms with van der Waals surface area (Å²) in [6.07, 6.45) is 2.72. The van der Waals surface area contributed by atoms with Crippen LogP contribution in [-0.4, -0.2) is 34.7 Å². The topological polar surface area (TPSA) is 66.6 Å². The molecular weight excluding hydrogens is 180 g/mol. The number of fused-ring (bicyclic) bond motifs is 1. The number of amides is 1. The van der Waals surface area contributed by atoms with Gasteiger partial charge in [-0.2, -0.15) is 0 Å². The van der Waals surface area contributed by atoms with E-state index in [1.807, 2.05) is 0 Å². The number of nitrogens with two attached hydrogens (primary N) is 1. The molecule has 2 unspecified atom stereocenters. The standard InChI is InChI=1S/C10H16N2O2/c11-10(1-2-10)3-6-7-4-12(9(13)14)5-8(6)7/h6-8H,1-5,11H2,(H,13,14). The maximum atomic E-state index is 10.7. The molecule has 2 saturated carbocycles. The number of hydrogen-bond acceptors (Lipinski definition) is 2. The quantitative estimate of drug-likeness (QED) is 0.684. The number of nitrogens with zero attached hydrogens (tertiary/aromatic N) is 1. The predicted molar refractivity (Wildman–Crippen MR) is 50.8 cm³/mol. The number of carbonyl (C=O) groups is 1. The number of hydrogen-bond donors (Lipinski definition) is 2. The lowest BCUT2D eigenvalue weighted by Gasteiger charge is -2.17. The second kappa shape index (κ2) is 2.42. The summed E-state index contributed by atoms with van der Waals surface area (Å²) in [5.74, 6) is 2.00. The number of rotatable bonds is 2. The van der Waals surface area contributed by atoms with Crippen LogP contribution in [0.4, 0.5) is 4.79 Å². The van der Waals surface area contributed by atoms with Crippen molar-refractivity contribution < 1.29 is 9.90 Å². The third-order valence-electron chi connectivity index (χ3n) is 4.18. The van der Waals surface area contributed by atoms with Gasteiger partial charge in [-0.15, -0.1) is 0 Å². The minimum absolute atomic E-state index is 0.142. The van der Waals surface area contributed by atoms with E-state index in [-0.39, 0.29) is 5.54 Å². The predicted octanol–water partition coefficient (Wildman–Crippen LogP) is 0.724. The number of piperidine rings is 1. The van der Waals surface area contributed by atoms with Gasteiger partial charge < -0.3 is 15.7 Å². The summed E-state index contributed by atoms with van der Waals surface area (Å²) in [4.78, 5) is 12.2. The molecule has 1 aliphatic heterocycles. The lowest BCUT2D eigenvalue weighted by Crippen LogP contribution is -2.31. The molecule has 78 valence electrons. The molecule has 0 aromatic heterocycles. The van der Waals surface area contributed by atoms with E-state index >= 15 is 0 Å². The normalized spacial score (nSPS) is 42.1. The Morgan fingerprint density at radius 1 is 1.43 bits per heavy atom. The summed E-state index contributed by atoms with van der Waals surface area (Å²) < 4.78 is 0. The molecule has 14 heavy (non-hydrogen) atoms. The molecule has 3 rings (SSSR count). The van der Waals surface area contributed by atoms with E-state index in [0.29, 0.717) is 11.8 Å². The Morgan fingerprint density at radius 3 is 2.43 bits per heavy atom. The Kier molecular flexibility index (Phi) is 1.48. The van der Waals surface area contributed by atoms with Gasteiger partial charge in [-0.1, -0.05) is 0 Å². The second-order valence-electron chi connectivity index (χ2n) is 5.25. The van der Waals surface area contributed by atoms with Crippen molar-refractivity contribution in [3.8, 4) is 0 Å². The van der Waals surface area contributed by atoms with Gasteiger partial charge >= 0.3 is 6.09 Å². The van der Waals surface area contributed by atoms with Crippen LogP contribution in [-0.2, 0) is 0 Å². The molecule has 4 heteroatoms. The zero-order valence-corrected chi connectivity index (χ0v) is 8.15. The number of carboxylic acid groups (broad SMARTS) is 1. The summed E-state index contributed by atoms with van der Waals surface area (Å²) in [6.45, 7) is 1.50. The highest BCUT2D eigenvalue weighted by molar-refractivity contribution is 5.65. The third-order valence-corrected chi connectivity index (χ3v) is 4.18. The lowest BCUT2D eigenvalue weighted by molar-refractivity contribution is 0.147. The van der Waals surface area contributed by atoms with E-state index in [9.17, 15) is 4.79 Å². The molecule has 3 N–H and O–H groups in total. The van der Waals surface area contributed by atoms with E-state index in [1.54, 1.807) is 4.90 Å². The van der Waals surface area contributed by atoms with Gasteiger partial charge in [0.1, 0.15) is 0 Å². The fraction of sp³-hybridized carbons (Fsp3) is 0.900. The van der Waals surface area contributed by atoms with Gasteiger partial charge in [0.25, 0.3) is 0 Å². The molecule has 4 nitrogen and oxygen atoms in total. The Morgan fingerprint density at radius 2 is 2.00 bits per heavy atom. The summed E-state index contributed by atoms with van der Waals surface area (Å²) >= 11 is 0. The Balaban J connectivity index is 1.54. The zero-order valence-electron chi connectivity index (χ0n) is 8.15. The van der Waals surface area contributed by atoms with Gasteiger partial charge in [0, 0.05) is 18.6 Å². The zero-order chi connectivity index (χ0) is 9.92. The van der Waals surface area contributed by atoms with Crippen molar-refractivity contribution in [2.24, 2.45) is 23.5 Å². The fourth-order valence-electron chi connectivity index (χ4n) is 2.94. The van der Waals surface area contributed by atoms with E-state index in [1.165, 1.54) is 12.8 Å². The molecule has 3 aliphatic rings. The first-order valence-corrected chi connectivity index (χ1v) is 5.36. The van der Waals surface area contributed by atoms with Crippen LogP contribution in [0.1, 0.15) is 19.3 Å². The molecule has 1 saturated heterocycles. The first-order valence-electron chi connectivity index (χ1n) is 5.36. The molecular formula is C10H16N2O2. The van der Waals surface area contributed by atoms with Crippen LogP contribution in [0, 0.1) is 17.8 Å². The minimum atomic E-state index is -0.759. The molecule has 1 amide bonds. The van der Waals surface area contributed by atoms with Crippen LogP contribution >= 0.6 is 0 Å². The van der Waals surface area contributed by atoms with E-state index < -0.39 is 6.09 Å². The van der Waals surface area contributed by atoms with Crippen LogP contribution < -0.4 is 5.73 Å². The molecule has 2 aliphatic carbocycles. The molecule has 2 atom stereocenters. The van der Waals surface area contributed by atoms with Crippen LogP contribution in [0.5, 0.6) is 0 Å². The highest BCUT2D eigenvalue weighted by Gasteiger charge is 2.59. The van der Waals surface area contributed by atoms with Gasteiger partial charge in [-0.3, -0.25) is 0 Å². The second-order valence-corrected chi connectivity index (χ2v) is 5.25. The molecule has 0 spiro atoms. The van der Waals surface area contributed by atoms with Crippen LogP contribution in [0.25, 0.3) is 0 Å². The smallest absolute Gasteiger partial charge is 0.407 e. The number of likely N-dealkylation sites (tertiary alicyclic amines) is 1. The maximum absolute atomic E-state index is 10.7. The molecule has 1 heterocycles. The summed E-state index contributed by atoms with van der Waals surface area (Å²) in [5.41, 5.74) is 6.20. The van der Waals surface area contributed by atoms with Gasteiger partial charge in [-0.25, -0.2) is 4.79 Å². The Bertz CT molecular complexity index is 276.